The molecule has 0 aliphatic rings. The van der Waals surface area contributed by atoms with Gasteiger partial charge in [0, 0.05) is 5.56 Å². The van der Waals surface area contributed by atoms with Gasteiger partial charge >= 0.3 is 0 Å². The van der Waals surface area contributed by atoms with Gasteiger partial charge in [0.15, 0.2) is 11.5 Å². The van der Waals surface area contributed by atoms with Crippen molar-refractivity contribution in [3.8, 4) is 11.5 Å². The van der Waals surface area contributed by atoms with Gasteiger partial charge in [-0.3, -0.25) is 0 Å². The Morgan fingerprint density at radius 3 is 2.00 bits per heavy atom. The largest absolute Gasteiger partial charge is 0.504 e. The highest BCUT2D eigenvalue weighted by atomic mass is 16.3. The van der Waals surface area contributed by atoms with E-state index in [-0.39, 0.29) is 22.8 Å². The highest BCUT2D eigenvalue weighted by molar-refractivity contribution is 5.50. The molecule has 2 heteroatoms. The van der Waals surface area contributed by atoms with Crippen LogP contribution in [0.5, 0.6) is 11.5 Å². The van der Waals surface area contributed by atoms with Crippen LogP contribution < -0.4 is 0 Å². The van der Waals surface area contributed by atoms with E-state index in [2.05, 4.69) is 20.8 Å². The van der Waals surface area contributed by atoms with E-state index < -0.39 is 0 Å². The zero-order chi connectivity index (χ0) is 11.8. The summed E-state index contributed by atoms with van der Waals surface area (Å²) >= 11 is 0. The SMILES string of the molecule is CC(C)c1cc(C(C)(C)C)cc(O)c1O. The number of benzene rings is 1. The first-order valence-corrected chi connectivity index (χ1v) is 5.30. The van der Waals surface area contributed by atoms with Crippen molar-refractivity contribution in [2.75, 3.05) is 0 Å². The fourth-order valence-electron chi connectivity index (χ4n) is 1.51. The average molecular weight is 208 g/mol. The predicted molar refractivity (Wildman–Crippen MR) is 62.6 cm³/mol. The minimum Gasteiger partial charge on any atom is -0.504 e. The summed E-state index contributed by atoms with van der Waals surface area (Å²) in [6, 6.07) is 3.61. The second-order valence-corrected chi connectivity index (χ2v) is 5.34. The minimum absolute atomic E-state index is 0.0120. The van der Waals surface area contributed by atoms with Gasteiger partial charge in [-0.1, -0.05) is 40.7 Å². The molecule has 0 spiro atoms. The van der Waals surface area contributed by atoms with E-state index in [4.69, 9.17) is 0 Å². The molecule has 0 amide bonds. The predicted octanol–water partition coefficient (Wildman–Crippen LogP) is 3.52. The van der Waals surface area contributed by atoms with Gasteiger partial charge in [0.1, 0.15) is 0 Å². The van der Waals surface area contributed by atoms with Crippen molar-refractivity contribution in [3.05, 3.63) is 23.3 Å². The first kappa shape index (κ1) is 11.9. The molecule has 0 saturated carbocycles. The number of rotatable bonds is 1. The normalized spacial score (nSPS) is 12.1. The molecule has 84 valence electrons. The standard InChI is InChI=1S/C13H20O2/c1-8(2)10-6-9(13(3,4)5)7-11(14)12(10)15/h6-8,14-15H,1-5H3. The van der Waals surface area contributed by atoms with E-state index in [0.29, 0.717) is 0 Å². The Labute approximate surface area is 91.6 Å². The van der Waals surface area contributed by atoms with Crippen LogP contribution in [0.4, 0.5) is 0 Å². The van der Waals surface area contributed by atoms with Gasteiger partial charge in [0.05, 0.1) is 0 Å². The first-order valence-electron chi connectivity index (χ1n) is 5.30. The van der Waals surface area contributed by atoms with Crippen LogP contribution in [0.15, 0.2) is 12.1 Å². The Balaban J connectivity index is 3.36. The molecule has 0 unspecified atom stereocenters. The van der Waals surface area contributed by atoms with Crippen LogP contribution in [-0.2, 0) is 5.41 Å². The summed E-state index contributed by atoms with van der Waals surface area (Å²) in [5.41, 5.74) is 1.83. The van der Waals surface area contributed by atoms with Gasteiger partial charge in [-0.25, -0.2) is 0 Å². The summed E-state index contributed by atoms with van der Waals surface area (Å²) in [5.74, 6) is 0.197. The third-order valence-electron chi connectivity index (χ3n) is 2.61. The first-order chi connectivity index (χ1) is 6.73. The van der Waals surface area contributed by atoms with Crippen molar-refractivity contribution in [1.82, 2.24) is 0 Å². The van der Waals surface area contributed by atoms with E-state index in [0.717, 1.165) is 11.1 Å². The average Bonchev–Trinajstić information content (AvgIpc) is 2.06. The number of hydrogen-bond acceptors (Lipinski definition) is 2. The van der Waals surface area contributed by atoms with Crippen LogP contribution in [0.1, 0.15) is 51.7 Å². The lowest BCUT2D eigenvalue weighted by molar-refractivity contribution is 0.395. The maximum atomic E-state index is 9.71. The monoisotopic (exact) mass is 208 g/mol. The number of phenolic OH excluding ortho intramolecular Hbond substituents is 2. The Kier molecular flexibility index (Phi) is 2.98. The van der Waals surface area contributed by atoms with Gasteiger partial charge in [-0.15, -0.1) is 0 Å². The molecule has 0 aliphatic heterocycles. The second-order valence-electron chi connectivity index (χ2n) is 5.34. The molecule has 0 saturated heterocycles. The molecular weight excluding hydrogens is 188 g/mol. The molecule has 1 rings (SSSR count). The number of phenols is 2. The molecular formula is C13H20O2. The lowest BCUT2D eigenvalue weighted by Gasteiger charge is -2.22. The quantitative estimate of drug-likeness (QED) is 0.693. The van der Waals surface area contributed by atoms with Crippen LogP contribution in [0.2, 0.25) is 0 Å². The molecule has 0 bridgehead atoms. The minimum atomic E-state index is -0.0221. The van der Waals surface area contributed by atoms with Gasteiger partial charge < -0.3 is 10.2 Å². The fraction of sp³-hybridized carbons (Fsp3) is 0.538. The van der Waals surface area contributed by atoms with E-state index in [9.17, 15) is 10.2 Å². The zero-order valence-electron chi connectivity index (χ0n) is 10.1. The molecule has 0 radical (unpaired) electrons. The smallest absolute Gasteiger partial charge is 0.160 e. The summed E-state index contributed by atoms with van der Waals surface area (Å²) in [6.07, 6.45) is 0. The molecule has 0 atom stereocenters. The Morgan fingerprint density at radius 1 is 1.07 bits per heavy atom. The van der Waals surface area contributed by atoms with Crippen molar-refractivity contribution in [1.29, 1.82) is 0 Å². The van der Waals surface area contributed by atoms with Gasteiger partial charge in [0.2, 0.25) is 0 Å². The van der Waals surface area contributed by atoms with Crippen molar-refractivity contribution in [2.24, 2.45) is 0 Å². The van der Waals surface area contributed by atoms with Crippen molar-refractivity contribution in [2.45, 2.75) is 46.0 Å². The van der Waals surface area contributed by atoms with E-state index in [1.165, 1.54) is 0 Å². The maximum absolute atomic E-state index is 9.71. The highest BCUT2D eigenvalue weighted by Crippen LogP contribution is 2.38. The summed E-state index contributed by atoms with van der Waals surface area (Å²) in [4.78, 5) is 0. The molecule has 0 fully saturated rings. The number of aromatic hydroxyl groups is 2. The van der Waals surface area contributed by atoms with Crippen LogP contribution in [-0.4, -0.2) is 10.2 Å². The molecule has 0 aliphatic carbocycles. The number of hydrogen-bond donors (Lipinski definition) is 2. The molecule has 1 aromatic carbocycles. The van der Waals surface area contributed by atoms with Crippen molar-refractivity contribution < 1.29 is 10.2 Å². The molecule has 15 heavy (non-hydrogen) atoms. The molecule has 2 nitrogen and oxygen atoms in total. The van der Waals surface area contributed by atoms with E-state index in [1.807, 2.05) is 19.9 Å². The Hall–Kier alpha value is -1.18. The van der Waals surface area contributed by atoms with Gasteiger partial charge in [-0.05, 0) is 23.0 Å². The zero-order valence-corrected chi connectivity index (χ0v) is 10.1. The van der Waals surface area contributed by atoms with Crippen molar-refractivity contribution >= 4 is 0 Å². The van der Waals surface area contributed by atoms with E-state index >= 15 is 0 Å². The Bertz CT molecular complexity index is 360. The van der Waals surface area contributed by atoms with Crippen molar-refractivity contribution in [3.63, 3.8) is 0 Å². The summed E-state index contributed by atoms with van der Waals surface area (Å²) in [6.45, 7) is 10.3. The van der Waals surface area contributed by atoms with Crippen LogP contribution in [0, 0.1) is 0 Å². The Morgan fingerprint density at radius 2 is 1.60 bits per heavy atom. The second kappa shape index (κ2) is 3.76. The van der Waals surface area contributed by atoms with Crippen LogP contribution >= 0.6 is 0 Å². The van der Waals surface area contributed by atoms with Gasteiger partial charge in [-0.2, -0.15) is 0 Å². The van der Waals surface area contributed by atoms with Crippen LogP contribution in [0.3, 0.4) is 0 Å². The van der Waals surface area contributed by atoms with E-state index in [1.54, 1.807) is 6.07 Å². The summed E-state index contributed by atoms with van der Waals surface area (Å²) < 4.78 is 0. The molecule has 0 aromatic heterocycles. The topological polar surface area (TPSA) is 40.5 Å². The third-order valence-corrected chi connectivity index (χ3v) is 2.61. The van der Waals surface area contributed by atoms with Crippen LogP contribution in [0.25, 0.3) is 0 Å². The maximum Gasteiger partial charge on any atom is 0.160 e. The molecule has 1 aromatic rings. The lowest BCUT2D eigenvalue weighted by atomic mass is 9.84. The fourth-order valence-corrected chi connectivity index (χ4v) is 1.51. The van der Waals surface area contributed by atoms with Gasteiger partial charge in [0.25, 0.3) is 0 Å². The highest BCUT2D eigenvalue weighted by Gasteiger charge is 2.19. The molecule has 0 heterocycles. The molecule has 2 N–H and O–H groups in total. The summed E-state index contributed by atoms with van der Waals surface area (Å²) in [5, 5.41) is 19.4. The lowest BCUT2D eigenvalue weighted by Crippen LogP contribution is -2.11. The third kappa shape index (κ3) is 2.44. The summed E-state index contributed by atoms with van der Waals surface area (Å²) in [7, 11) is 0.